The maximum absolute atomic E-state index is 12.3. The van der Waals surface area contributed by atoms with E-state index in [0.717, 1.165) is 29.9 Å². The van der Waals surface area contributed by atoms with Gasteiger partial charge in [0.1, 0.15) is 5.54 Å². The lowest BCUT2D eigenvalue weighted by Gasteiger charge is -2.29. The third-order valence-electron chi connectivity index (χ3n) is 3.40. The largest absolute Gasteiger partial charge is 0.351 e. The molecule has 0 aromatic heterocycles. The van der Waals surface area contributed by atoms with E-state index in [1.54, 1.807) is 6.92 Å². The van der Waals surface area contributed by atoms with E-state index < -0.39 is 5.54 Å². The molecule has 1 heterocycles. The highest BCUT2D eigenvalue weighted by molar-refractivity contribution is 7.99. The van der Waals surface area contributed by atoms with Gasteiger partial charge in [0.05, 0.1) is 0 Å². The number of hydrogen-bond donors (Lipinski definition) is 2. The molecule has 1 aromatic rings. The normalized spacial score (nSPS) is 20.1. The Morgan fingerprint density at radius 1 is 1.33 bits per heavy atom. The van der Waals surface area contributed by atoms with Gasteiger partial charge in [-0.1, -0.05) is 30.3 Å². The van der Waals surface area contributed by atoms with Crippen molar-refractivity contribution in [3.05, 3.63) is 35.9 Å². The number of carbonyl (C=O) groups is 1. The Labute approximate surface area is 113 Å². The lowest BCUT2D eigenvalue weighted by molar-refractivity contribution is -0.126. The Kier molecular flexibility index (Phi) is 4.30. The average molecular weight is 264 g/mol. The molecule has 1 aliphatic heterocycles. The van der Waals surface area contributed by atoms with Crippen molar-refractivity contribution in [3.8, 4) is 0 Å². The molecule has 0 aliphatic carbocycles. The first-order valence-corrected chi connectivity index (χ1v) is 7.49. The fourth-order valence-electron chi connectivity index (χ4n) is 2.09. The zero-order valence-electron chi connectivity index (χ0n) is 10.7. The van der Waals surface area contributed by atoms with Gasteiger partial charge in [0.15, 0.2) is 0 Å². The van der Waals surface area contributed by atoms with Crippen LogP contribution in [-0.2, 0) is 10.3 Å². The van der Waals surface area contributed by atoms with Crippen LogP contribution in [-0.4, -0.2) is 23.5 Å². The zero-order valence-corrected chi connectivity index (χ0v) is 11.5. The van der Waals surface area contributed by atoms with Gasteiger partial charge >= 0.3 is 0 Å². The van der Waals surface area contributed by atoms with Crippen molar-refractivity contribution in [3.63, 3.8) is 0 Å². The second-order valence-electron chi connectivity index (χ2n) is 4.93. The lowest BCUT2D eigenvalue weighted by atomic mass is 9.91. The van der Waals surface area contributed by atoms with E-state index in [2.05, 4.69) is 5.32 Å². The van der Waals surface area contributed by atoms with Crippen molar-refractivity contribution in [2.45, 2.75) is 31.3 Å². The molecule has 1 aromatic carbocycles. The number of nitrogens with one attached hydrogen (secondary N) is 1. The number of carbonyl (C=O) groups excluding carboxylic acids is 1. The highest BCUT2D eigenvalue weighted by Crippen LogP contribution is 2.21. The molecule has 18 heavy (non-hydrogen) atoms. The summed E-state index contributed by atoms with van der Waals surface area (Å²) in [5.41, 5.74) is 6.08. The van der Waals surface area contributed by atoms with Crippen LogP contribution in [0.1, 0.15) is 25.3 Å². The minimum Gasteiger partial charge on any atom is -0.351 e. The predicted octanol–water partition coefficient (Wildman–Crippen LogP) is 1.87. The van der Waals surface area contributed by atoms with Crippen molar-refractivity contribution in [1.82, 2.24) is 5.32 Å². The Hall–Kier alpha value is -1.00. The summed E-state index contributed by atoms with van der Waals surface area (Å²) in [4.78, 5) is 12.3. The quantitative estimate of drug-likeness (QED) is 0.876. The topological polar surface area (TPSA) is 55.1 Å². The summed E-state index contributed by atoms with van der Waals surface area (Å²) in [5, 5.41) is 3.08. The molecule has 1 aliphatic rings. The van der Waals surface area contributed by atoms with Crippen molar-refractivity contribution >= 4 is 17.7 Å². The highest BCUT2D eigenvalue weighted by atomic mass is 32.2. The van der Waals surface area contributed by atoms with Crippen LogP contribution in [0.2, 0.25) is 0 Å². The molecule has 1 fully saturated rings. The van der Waals surface area contributed by atoms with Gasteiger partial charge < -0.3 is 11.1 Å². The van der Waals surface area contributed by atoms with E-state index in [1.807, 2.05) is 42.1 Å². The Morgan fingerprint density at radius 2 is 1.94 bits per heavy atom. The second kappa shape index (κ2) is 5.76. The second-order valence-corrected chi connectivity index (χ2v) is 6.15. The summed E-state index contributed by atoms with van der Waals surface area (Å²) in [6.45, 7) is 1.77. The summed E-state index contributed by atoms with van der Waals surface area (Å²) in [5.74, 6) is 2.17. The van der Waals surface area contributed by atoms with Gasteiger partial charge in [-0.3, -0.25) is 4.79 Å². The van der Waals surface area contributed by atoms with E-state index in [9.17, 15) is 4.79 Å². The third-order valence-corrected chi connectivity index (χ3v) is 4.45. The minimum atomic E-state index is -0.953. The van der Waals surface area contributed by atoms with Crippen LogP contribution in [0.5, 0.6) is 0 Å². The van der Waals surface area contributed by atoms with Crippen molar-refractivity contribution in [2.24, 2.45) is 5.73 Å². The predicted molar refractivity (Wildman–Crippen MR) is 76.5 cm³/mol. The summed E-state index contributed by atoms with van der Waals surface area (Å²) >= 11 is 1.95. The van der Waals surface area contributed by atoms with Gasteiger partial charge in [-0.2, -0.15) is 11.8 Å². The van der Waals surface area contributed by atoms with Gasteiger partial charge in [-0.05, 0) is 36.8 Å². The molecule has 2 rings (SSSR count). The van der Waals surface area contributed by atoms with Crippen molar-refractivity contribution in [1.29, 1.82) is 0 Å². The smallest absolute Gasteiger partial charge is 0.244 e. The van der Waals surface area contributed by atoms with Crippen LogP contribution in [0.4, 0.5) is 0 Å². The molecule has 1 amide bonds. The van der Waals surface area contributed by atoms with E-state index in [4.69, 9.17) is 5.73 Å². The fourth-order valence-corrected chi connectivity index (χ4v) is 3.20. The number of nitrogens with two attached hydrogens (primary N) is 1. The molecule has 0 spiro atoms. The molecule has 1 saturated heterocycles. The summed E-state index contributed by atoms with van der Waals surface area (Å²) < 4.78 is 0. The van der Waals surface area contributed by atoms with E-state index in [0.29, 0.717) is 0 Å². The van der Waals surface area contributed by atoms with Crippen LogP contribution in [0, 0.1) is 0 Å². The van der Waals surface area contributed by atoms with E-state index >= 15 is 0 Å². The van der Waals surface area contributed by atoms with Crippen LogP contribution >= 0.6 is 11.8 Å². The molecule has 3 nitrogen and oxygen atoms in total. The zero-order chi connectivity index (χ0) is 13.0. The lowest BCUT2D eigenvalue weighted by Crippen LogP contribution is -2.52. The summed E-state index contributed by atoms with van der Waals surface area (Å²) in [7, 11) is 0. The SMILES string of the molecule is CC(N)(C(=O)NC1CCSCC1)c1ccccc1. The minimum absolute atomic E-state index is 0.0781. The van der Waals surface area contributed by atoms with Gasteiger partial charge in [0.25, 0.3) is 0 Å². The van der Waals surface area contributed by atoms with Gasteiger partial charge in [0.2, 0.25) is 5.91 Å². The third kappa shape index (κ3) is 3.06. The highest BCUT2D eigenvalue weighted by Gasteiger charge is 2.31. The first-order valence-electron chi connectivity index (χ1n) is 6.34. The molecule has 1 unspecified atom stereocenters. The molecule has 4 heteroatoms. The van der Waals surface area contributed by atoms with Crippen LogP contribution in [0.25, 0.3) is 0 Å². The number of rotatable bonds is 3. The van der Waals surface area contributed by atoms with Crippen LogP contribution in [0.3, 0.4) is 0 Å². The fraction of sp³-hybridized carbons (Fsp3) is 0.500. The monoisotopic (exact) mass is 264 g/mol. The van der Waals surface area contributed by atoms with Crippen LogP contribution < -0.4 is 11.1 Å². The van der Waals surface area contributed by atoms with Crippen LogP contribution in [0.15, 0.2) is 30.3 Å². The number of benzene rings is 1. The first-order chi connectivity index (χ1) is 8.60. The molecule has 1 atom stereocenters. The Balaban J connectivity index is 2.03. The van der Waals surface area contributed by atoms with Gasteiger partial charge in [-0.25, -0.2) is 0 Å². The standard InChI is InChI=1S/C14H20N2OS/c1-14(15,11-5-3-2-4-6-11)13(17)16-12-7-9-18-10-8-12/h2-6,12H,7-10,15H2,1H3,(H,16,17). The van der Waals surface area contributed by atoms with Crippen molar-refractivity contribution < 1.29 is 4.79 Å². The Morgan fingerprint density at radius 3 is 2.56 bits per heavy atom. The molecule has 0 saturated carbocycles. The molecular formula is C14H20N2OS. The van der Waals surface area contributed by atoms with Gasteiger partial charge in [0, 0.05) is 6.04 Å². The summed E-state index contributed by atoms with van der Waals surface area (Å²) in [6.07, 6.45) is 2.09. The number of amides is 1. The molecule has 3 N–H and O–H groups in total. The Bertz CT molecular complexity index is 400. The first kappa shape index (κ1) is 13.4. The van der Waals surface area contributed by atoms with E-state index in [-0.39, 0.29) is 11.9 Å². The number of hydrogen-bond acceptors (Lipinski definition) is 3. The maximum atomic E-state index is 12.3. The summed E-state index contributed by atoms with van der Waals surface area (Å²) in [6, 6.07) is 9.82. The molecular weight excluding hydrogens is 244 g/mol. The molecule has 0 bridgehead atoms. The molecule has 98 valence electrons. The maximum Gasteiger partial charge on any atom is 0.244 e. The van der Waals surface area contributed by atoms with Crippen molar-refractivity contribution in [2.75, 3.05) is 11.5 Å². The average Bonchev–Trinajstić information content (AvgIpc) is 2.41. The molecule has 0 radical (unpaired) electrons. The van der Waals surface area contributed by atoms with E-state index in [1.165, 1.54) is 0 Å². The van der Waals surface area contributed by atoms with Gasteiger partial charge in [-0.15, -0.1) is 0 Å². The number of thioether (sulfide) groups is 1.